The molecule has 0 aromatic heterocycles. The number of benzene rings is 3. The van der Waals surface area contributed by atoms with Crippen molar-refractivity contribution in [1.82, 2.24) is 5.43 Å². The maximum atomic E-state index is 12.4. The minimum absolute atomic E-state index is 0.0611. The number of ether oxygens (including phenoxy) is 1. The summed E-state index contributed by atoms with van der Waals surface area (Å²) in [6, 6.07) is 16.5. The predicted octanol–water partition coefficient (Wildman–Crippen LogP) is 5.23. The number of carbonyl (C=O) groups excluding carboxylic acids is 3. The van der Waals surface area contributed by atoms with Crippen LogP contribution < -0.4 is 15.5 Å². The number of esters is 1. The summed E-state index contributed by atoms with van der Waals surface area (Å²) in [5.74, 6) is -1.35. The highest BCUT2D eigenvalue weighted by Gasteiger charge is 2.10. The molecule has 194 valence electrons. The Hall–Kier alpha value is -4.83. The van der Waals surface area contributed by atoms with E-state index in [0.29, 0.717) is 27.4 Å². The first-order valence-electron chi connectivity index (χ1n) is 11.3. The number of halogens is 1. The summed E-state index contributed by atoms with van der Waals surface area (Å²) in [5.41, 5.74) is 4.11. The second kappa shape index (κ2) is 12.9. The van der Waals surface area contributed by atoms with Gasteiger partial charge in [0.1, 0.15) is 5.75 Å². The fourth-order valence-electron chi connectivity index (χ4n) is 2.94. The average Bonchev–Trinajstić information content (AvgIpc) is 2.89. The molecular formula is C27H23ClN4O6. The van der Waals surface area contributed by atoms with Crippen LogP contribution in [0.1, 0.15) is 35.3 Å². The van der Waals surface area contributed by atoms with Crippen molar-refractivity contribution in [2.24, 2.45) is 11.0 Å². The number of amides is 2. The lowest BCUT2D eigenvalue weighted by atomic mass is 10.1. The Balaban J connectivity index is 1.62. The van der Waals surface area contributed by atoms with E-state index in [2.05, 4.69) is 15.8 Å². The minimum Gasteiger partial charge on any atom is -0.423 e. The summed E-state index contributed by atoms with van der Waals surface area (Å²) in [6.45, 7) is 3.56. The van der Waals surface area contributed by atoms with Crippen LogP contribution in [-0.2, 0) is 9.59 Å². The van der Waals surface area contributed by atoms with Crippen LogP contribution in [0.25, 0.3) is 6.08 Å². The van der Waals surface area contributed by atoms with Crippen molar-refractivity contribution in [3.63, 3.8) is 0 Å². The van der Waals surface area contributed by atoms with Crippen LogP contribution >= 0.6 is 11.6 Å². The molecule has 0 heterocycles. The molecule has 3 rings (SSSR count). The number of hydrazone groups is 1. The zero-order valence-electron chi connectivity index (χ0n) is 20.4. The molecule has 0 unspecified atom stereocenters. The van der Waals surface area contributed by atoms with E-state index in [9.17, 15) is 24.5 Å². The summed E-state index contributed by atoms with van der Waals surface area (Å²) in [5, 5.41) is 17.8. The lowest BCUT2D eigenvalue weighted by molar-refractivity contribution is -0.384. The van der Waals surface area contributed by atoms with E-state index in [1.807, 2.05) is 0 Å². The Morgan fingerprint density at radius 1 is 1.03 bits per heavy atom. The lowest BCUT2D eigenvalue weighted by Crippen LogP contribution is -2.19. The van der Waals surface area contributed by atoms with Gasteiger partial charge in [-0.3, -0.25) is 19.7 Å². The first kappa shape index (κ1) is 27.8. The Morgan fingerprint density at radius 2 is 1.71 bits per heavy atom. The van der Waals surface area contributed by atoms with Crippen molar-refractivity contribution in [3.05, 3.63) is 105 Å². The highest BCUT2D eigenvalue weighted by atomic mass is 35.5. The third kappa shape index (κ3) is 8.10. The monoisotopic (exact) mass is 534 g/mol. The van der Waals surface area contributed by atoms with Crippen LogP contribution in [0.2, 0.25) is 5.02 Å². The number of nitro groups is 1. The SMILES string of the molecule is CC(C)C(=O)Nc1ccc(C(=O)N/N=C/c2cc(Cl)ccc2OC(=O)/C=C/c2ccc([N+](=O)[O-])cc2)cc1. The van der Waals surface area contributed by atoms with E-state index in [4.69, 9.17) is 16.3 Å². The zero-order chi connectivity index (χ0) is 27.7. The molecule has 3 aromatic carbocycles. The first-order chi connectivity index (χ1) is 18.1. The molecule has 2 amide bonds. The first-order valence-corrected chi connectivity index (χ1v) is 11.7. The number of anilines is 1. The molecule has 0 fully saturated rings. The molecule has 0 aliphatic carbocycles. The maximum absolute atomic E-state index is 12.4. The third-order valence-electron chi connectivity index (χ3n) is 5.01. The molecule has 2 N–H and O–H groups in total. The number of non-ortho nitro benzene ring substituents is 1. The summed E-state index contributed by atoms with van der Waals surface area (Å²) in [7, 11) is 0. The molecule has 0 aliphatic rings. The van der Waals surface area contributed by atoms with Gasteiger partial charge in [0.2, 0.25) is 5.91 Å². The molecular weight excluding hydrogens is 512 g/mol. The van der Waals surface area contributed by atoms with Gasteiger partial charge < -0.3 is 10.1 Å². The molecule has 0 atom stereocenters. The highest BCUT2D eigenvalue weighted by molar-refractivity contribution is 6.31. The van der Waals surface area contributed by atoms with Gasteiger partial charge in [0.15, 0.2) is 0 Å². The van der Waals surface area contributed by atoms with Gasteiger partial charge in [-0.25, -0.2) is 10.2 Å². The number of nitro benzene ring substituents is 1. The van der Waals surface area contributed by atoms with E-state index in [1.54, 1.807) is 38.1 Å². The fraction of sp³-hybridized carbons (Fsp3) is 0.111. The standard InChI is InChI=1S/C27H23ClN4O6/c1-17(2)26(34)30-22-9-6-19(7-10-22)27(35)31-29-16-20-15-21(28)8-13-24(20)38-25(33)14-5-18-3-11-23(12-4-18)32(36)37/h3-17H,1-2H3,(H,30,34)(H,31,35)/b14-5+,29-16+. The van der Waals surface area contributed by atoms with E-state index in [1.165, 1.54) is 60.8 Å². The molecule has 11 heteroatoms. The second-order valence-corrected chi connectivity index (χ2v) is 8.64. The van der Waals surface area contributed by atoms with Gasteiger partial charge in [-0.2, -0.15) is 5.10 Å². The number of nitrogens with zero attached hydrogens (tertiary/aromatic N) is 2. The number of rotatable bonds is 9. The zero-order valence-corrected chi connectivity index (χ0v) is 21.1. The van der Waals surface area contributed by atoms with Crippen molar-refractivity contribution in [2.45, 2.75) is 13.8 Å². The fourth-order valence-corrected chi connectivity index (χ4v) is 3.12. The van der Waals surface area contributed by atoms with Gasteiger partial charge in [-0.1, -0.05) is 25.4 Å². The van der Waals surface area contributed by atoms with E-state index >= 15 is 0 Å². The van der Waals surface area contributed by atoms with Crippen molar-refractivity contribution in [3.8, 4) is 5.75 Å². The van der Waals surface area contributed by atoms with Crippen LogP contribution in [-0.4, -0.2) is 28.9 Å². The smallest absolute Gasteiger partial charge is 0.336 e. The molecule has 0 saturated heterocycles. The van der Waals surface area contributed by atoms with Crippen molar-refractivity contribution < 1.29 is 24.0 Å². The van der Waals surface area contributed by atoms with Gasteiger partial charge in [0.25, 0.3) is 11.6 Å². The Bertz CT molecular complexity index is 1400. The van der Waals surface area contributed by atoms with Crippen LogP contribution in [0, 0.1) is 16.0 Å². The molecule has 0 radical (unpaired) electrons. The summed E-state index contributed by atoms with van der Waals surface area (Å²) in [6.07, 6.45) is 3.91. The van der Waals surface area contributed by atoms with E-state index in [-0.39, 0.29) is 23.3 Å². The molecule has 0 bridgehead atoms. The minimum atomic E-state index is -0.700. The lowest BCUT2D eigenvalue weighted by Gasteiger charge is -2.08. The summed E-state index contributed by atoms with van der Waals surface area (Å²) >= 11 is 6.06. The van der Waals surface area contributed by atoms with Gasteiger partial charge >= 0.3 is 5.97 Å². The molecule has 0 aliphatic heterocycles. The summed E-state index contributed by atoms with van der Waals surface area (Å²) < 4.78 is 5.36. The van der Waals surface area contributed by atoms with Gasteiger partial charge in [-0.15, -0.1) is 0 Å². The number of carbonyl (C=O) groups is 3. The third-order valence-corrected chi connectivity index (χ3v) is 5.24. The van der Waals surface area contributed by atoms with Crippen LogP contribution in [0.3, 0.4) is 0 Å². The maximum Gasteiger partial charge on any atom is 0.336 e. The normalized spacial score (nSPS) is 11.1. The van der Waals surface area contributed by atoms with Crippen molar-refractivity contribution >= 4 is 53.0 Å². The van der Waals surface area contributed by atoms with Crippen LogP contribution in [0.5, 0.6) is 5.75 Å². The van der Waals surface area contributed by atoms with Gasteiger partial charge in [0.05, 0.1) is 11.1 Å². The predicted molar refractivity (Wildman–Crippen MR) is 144 cm³/mol. The van der Waals surface area contributed by atoms with Crippen molar-refractivity contribution in [2.75, 3.05) is 5.32 Å². The number of hydrogen-bond acceptors (Lipinski definition) is 7. The highest BCUT2D eigenvalue weighted by Crippen LogP contribution is 2.22. The molecule has 3 aromatic rings. The largest absolute Gasteiger partial charge is 0.423 e. The Labute approximate surface area is 223 Å². The van der Waals surface area contributed by atoms with Crippen LogP contribution in [0.4, 0.5) is 11.4 Å². The average molecular weight is 535 g/mol. The molecule has 38 heavy (non-hydrogen) atoms. The molecule has 0 saturated carbocycles. The van der Waals surface area contributed by atoms with Crippen molar-refractivity contribution in [1.29, 1.82) is 0 Å². The number of nitrogens with one attached hydrogen (secondary N) is 2. The second-order valence-electron chi connectivity index (χ2n) is 8.21. The van der Waals surface area contributed by atoms with Gasteiger partial charge in [-0.05, 0) is 66.2 Å². The van der Waals surface area contributed by atoms with E-state index in [0.717, 1.165) is 0 Å². The van der Waals surface area contributed by atoms with E-state index < -0.39 is 16.8 Å². The Morgan fingerprint density at radius 3 is 2.34 bits per heavy atom. The topological polar surface area (TPSA) is 140 Å². The Kier molecular flexibility index (Phi) is 9.44. The summed E-state index contributed by atoms with van der Waals surface area (Å²) in [4.78, 5) is 46.7. The molecule has 0 spiro atoms. The van der Waals surface area contributed by atoms with Gasteiger partial charge in [0, 0.05) is 46.0 Å². The molecule has 10 nitrogen and oxygen atoms in total. The number of hydrogen-bond donors (Lipinski definition) is 2. The van der Waals surface area contributed by atoms with Crippen LogP contribution in [0.15, 0.2) is 77.9 Å². The quantitative estimate of drug-likeness (QED) is 0.0962.